The summed E-state index contributed by atoms with van der Waals surface area (Å²) in [6.45, 7) is 0. The van der Waals surface area contributed by atoms with Crippen LogP contribution in [0.1, 0.15) is 24.0 Å². The zero-order chi connectivity index (χ0) is 11.3. The van der Waals surface area contributed by atoms with Gasteiger partial charge in [0.05, 0.1) is 5.56 Å². The number of hydrogen-bond acceptors (Lipinski definition) is 0. The minimum atomic E-state index is -2.77. The van der Waals surface area contributed by atoms with Crippen molar-refractivity contribution in [1.29, 1.82) is 0 Å². The maximum atomic E-state index is 13.1. The maximum Gasteiger partial charge on any atom is 0.266 e. The summed E-state index contributed by atoms with van der Waals surface area (Å²) in [5, 5.41) is 0. The largest absolute Gasteiger partial charge is 0.266 e. The van der Waals surface area contributed by atoms with E-state index in [0.717, 1.165) is 12.1 Å². The Morgan fingerprint density at radius 2 is 2.07 bits per heavy atom. The number of halogens is 4. The molecule has 0 unspecified atom stereocenters. The van der Waals surface area contributed by atoms with Crippen LogP contribution in [0.4, 0.5) is 13.2 Å². The molecule has 4 heteroatoms. The van der Waals surface area contributed by atoms with Crippen molar-refractivity contribution in [2.24, 2.45) is 0 Å². The summed E-state index contributed by atoms with van der Waals surface area (Å²) in [4.78, 5) is 0. The monoisotopic (exact) mass is 234 g/mol. The van der Waals surface area contributed by atoms with Crippen molar-refractivity contribution in [3.05, 3.63) is 41.2 Å². The second kappa shape index (κ2) is 5.81. The molecule has 1 rings (SSSR count). The number of allylic oxidation sites excluding steroid dienone is 1. The van der Waals surface area contributed by atoms with E-state index in [1.165, 1.54) is 6.07 Å². The van der Waals surface area contributed by atoms with Crippen LogP contribution < -0.4 is 0 Å². The SMILES string of the molecule is Fc1cc(C=CCCCl)ccc1C(F)F. The summed E-state index contributed by atoms with van der Waals surface area (Å²) in [6, 6.07) is 3.64. The Balaban J connectivity index is 2.82. The molecule has 1 aromatic rings. The average Bonchev–Trinajstić information content (AvgIpc) is 2.17. The van der Waals surface area contributed by atoms with E-state index in [-0.39, 0.29) is 0 Å². The molecule has 0 spiro atoms. The molecule has 0 fully saturated rings. The average molecular weight is 235 g/mol. The molecule has 0 aliphatic rings. The molecule has 0 saturated heterocycles. The number of hydrogen-bond donors (Lipinski definition) is 0. The number of rotatable bonds is 4. The molecule has 0 N–H and O–H groups in total. The summed E-state index contributed by atoms with van der Waals surface area (Å²) >= 11 is 5.44. The summed E-state index contributed by atoms with van der Waals surface area (Å²) in [5.41, 5.74) is -0.00786. The van der Waals surface area contributed by atoms with E-state index in [9.17, 15) is 13.2 Å². The van der Waals surface area contributed by atoms with Crippen molar-refractivity contribution in [3.8, 4) is 0 Å². The predicted molar refractivity (Wildman–Crippen MR) is 55.7 cm³/mol. The third-order valence-corrected chi connectivity index (χ3v) is 2.06. The van der Waals surface area contributed by atoms with Gasteiger partial charge in [-0.15, -0.1) is 11.6 Å². The van der Waals surface area contributed by atoms with Gasteiger partial charge in [0, 0.05) is 5.88 Å². The molecule has 0 nitrogen and oxygen atoms in total. The van der Waals surface area contributed by atoms with E-state index in [1.807, 2.05) is 0 Å². The summed E-state index contributed by atoms with van der Waals surface area (Å²) < 4.78 is 37.5. The van der Waals surface area contributed by atoms with Gasteiger partial charge in [-0.25, -0.2) is 13.2 Å². The van der Waals surface area contributed by atoms with Crippen LogP contribution in [0.25, 0.3) is 6.08 Å². The fourth-order valence-corrected chi connectivity index (χ4v) is 1.23. The van der Waals surface area contributed by atoms with E-state index in [0.29, 0.717) is 17.9 Å². The topological polar surface area (TPSA) is 0 Å². The zero-order valence-electron chi connectivity index (χ0n) is 7.89. The predicted octanol–water partition coefficient (Wildman–Crippen LogP) is 4.41. The number of alkyl halides is 3. The highest BCUT2D eigenvalue weighted by molar-refractivity contribution is 6.17. The molecule has 0 amide bonds. The molecule has 0 aliphatic carbocycles. The molecule has 0 atom stereocenters. The Bertz CT molecular complexity index is 348. The lowest BCUT2D eigenvalue weighted by Gasteiger charge is -2.02. The van der Waals surface area contributed by atoms with Crippen molar-refractivity contribution in [3.63, 3.8) is 0 Å². The molecular formula is C11H10ClF3. The molecule has 0 radical (unpaired) electrons. The van der Waals surface area contributed by atoms with Gasteiger partial charge in [-0.1, -0.05) is 18.2 Å². The van der Waals surface area contributed by atoms with Gasteiger partial charge in [0.1, 0.15) is 5.82 Å². The highest BCUT2D eigenvalue weighted by Gasteiger charge is 2.12. The zero-order valence-corrected chi connectivity index (χ0v) is 8.65. The molecule has 0 aliphatic heterocycles. The highest BCUT2D eigenvalue weighted by Crippen LogP contribution is 2.22. The van der Waals surface area contributed by atoms with Crippen LogP contribution in [0.15, 0.2) is 24.3 Å². The Hall–Kier alpha value is -0.960. The van der Waals surface area contributed by atoms with Gasteiger partial charge >= 0.3 is 0 Å². The first-order chi connectivity index (χ1) is 7.15. The van der Waals surface area contributed by atoms with Crippen LogP contribution in [0.2, 0.25) is 0 Å². The quantitative estimate of drug-likeness (QED) is 0.677. The molecule has 15 heavy (non-hydrogen) atoms. The lowest BCUT2D eigenvalue weighted by molar-refractivity contribution is 0.146. The molecule has 0 saturated carbocycles. The minimum Gasteiger partial charge on any atom is -0.206 e. The second-order valence-electron chi connectivity index (χ2n) is 2.96. The smallest absolute Gasteiger partial charge is 0.206 e. The Morgan fingerprint density at radius 3 is 2.60 bits per heavy atom. The second-order valence-corrected chi connectivity index (χ2v) is 3.34. The molecule has 1 aromatic carbocycles. The van der Waals surface area contributed by atoms with Crippen molar-refractivity contribution in [2.75, 3.05) is 5.88 Å². The molecule has 82 valence electrons. The van der Waals surface area contributed by atoms with Crippen LogP contribution in [0.3, 0.4) is 0 Å². The third kappa shape index (κ3) is 3.59. The third-order valence-electron chi connectivity index (χ3n) is 1.85. The summed E-state index contributed by atoms with van der Waals surface area (Å²) in [7, 11) is 0. The van der Waals surface area contributed by atoms with Crippen LogP contribution in [-0.4, -0.2) is 5.88 Å². The summed E-state index contributed by atoms with van der Waals surface area (Å²) in [5.74, 6) is -0.397. The first kappa shape index (κ1) is 12.1. The van der Waals surface area contributed by atoms with Gasteiger partial charge in [-0.3, -0.25) is 0 Å². The first-order valence-corrected chi connectivity index (χ1v) is 4.98. The standard InChI is InChI=1S/C11H10ClF3/c12-6-2-1-3-8-4-5-9(11(14)15)10(13)7-8/h1,3-5,7,11H,2,6H2. The van der Waals surface area contributed by atoms with Crippen molar-refractivity contribution < 1.29 is 13.2 Å². The van der Waals surface area contributed by atoms with Gasteiger partial charge < -0.3 is 0 Å². The molecule has 0 aromatic heterocycles. The van der Waals surface area contributed by atoms with E-state index in [1.54, 1.807) is 12.2 Å². The lowest BCUT2D eigenvalue weighted by Crippen LogP contribution is -1.90. The van der Waals surface area contributed by atoms with E-state index >= 15 is 0 Å². The van der Waals surface area contributed by atoms with Crippen molar-refractivity contribution in [2.45, 2.75) is 12.8 Å². The molecule has 0 heterocycles. The normalized spacial score (nSPS) is 11.5. The Labute approximate surface area is 91.4 Å². The van der Waals surface area contributed by atoms with Crippen molar-refractivity contribution in [1.82, 2.24) is 0 Å². The van der Waals surface area contributed by atoms with Crippen LogP contribution in [0, 0.1) is 5.82 Å². The van der Waals surface area contributed by atoms with Crippen LogP contribution in [0.5, 0.6) is 0 Å². The van der Waals surface area contributed by atoms with Gasteiger partial charge in [0.25, 0.3) is 6.43 Å². The van der Waals surface area contributed by atoms with Gasteiger partial charge in [-0.05, 0) is 24.1 Å². The maximum absolute atomic E-state index is 13.1. The molecular weight excluding hydrogens is 225 g/mol. The van der Waals surface area contributed by atoms with E-state index in [2.05, 4.69) is 0 Å². The highest BCUT2D eigenvalue weighted by atomic mass is 35.5. The van der Waals surface area contributed by atoms with Gasteiger partial charge in [0.2, 0.25) is 0 Å². The first-order valence-electron chi connectivity index (χ1n) is 4.45. The van der Waals surface area contributed by atoms with E-state index in [4.69, 9.17) is 11.6 Å². The van der Waals surface area contributed by atoms with E-state index < -0.39 is 17.8 Å². The van der Waals surface area contributed by atoms with Gasteiger partial charge in [0.15, 0.2) is 0 Å². The summed E-state index contributed by atoms with van der Waals surface area (Å²) in [6.07, 6.45) is 1.32. The number of benzene rings is 1. The lowest BCUT2D eigenvalue weighted by atomic mass is 10.1. The van der Waals surface area contributed by atoms with Gasteiger partial charge in [-0.2, -0.15) is 0 Å². The Kier molecular flexibility index (Phi) is 4.69. The van der Waals surface area contributed by atoms with Crippen LogP contribution in [-0.2, 0) is 0 Å². The van der Waals surface area contributed by atoms with Crippen LogP contribution >= 0.6 is 11.6 Å². The Morgan fingerprint density at radius 1 is 1.33 bits per heavy atom. The minimum absolute atomic E-state index is 0.480. The fraction of sp³-hybridized carbons (Fsp3) is 0.273. The molecule has 0 bridgehead atoms. The fourth-order valence-electron chi connectivity index (χ4n) is 1.11. The van der Waals surface area contributed by atoms with Crippen molar-refractivity contribution >= 4 is 17.7 Å².